The van der Waals surface area contributed by atoms with Gasteiger partial charge in [-0.15, -0.1) is 11.8 Å². The maximum absolute atomic E-state index is 5.57. The van der Waals surface area contributed by atoms with Gasteiger partial charge in [-0.2, -0.15) is 0 Å². The SMILES string of the molecule is C=CCOc1ccc(C2OCCS2)cc1. The molecule has 1 aliphatic heterocycles. The lowest BCUT2D eigenvalue weighted by atomic mass is 10.2. The van der Waals surface area contributed by atoms with Crippen molar-refractivity contribution in [2.45, 2.75) is 5.44 Å². The summed E-state index contributed by atoms with van der Waals surface area (Å²) >= 11 is 1.84. The second-order valence-corrected chi connectivity index (χ2v) is 4.41. The van der Waals surface area contributed by atoms with Crippen LogP contribution in [0.5, 0.6) is 5.75 Å². The van der Waals surface area contributed by atoms with Gasteiger partial charge in [-0.3, -0.25) is 0 Å². The van der Waals surface area contributed by atoms with Crippen LogP contribution in [0.4, 0.5) is 0 Å². The third kappa shape index (κ3) is 2.76. The van der Waals surface area contributed by atoms with Crippen LogP contribution < -0.4 is 4.74 Å². The summed E-state index contributed by atoms with van der Waals surface area (Å²) in [5.74, 6) is 1.96. The van der Waals surface area contributed by atoms with Gasteiger partial charge in [0.2, 0.25) is 0 Å². The molecule has 1 unspecified atom stereocenters. The molecule has 1 fully saturated rings. The lowest BCUT2D eigenvalue weighted by Crippen LogP contribution is -1.95. The number of hydrogen-bond acceptors (Lipinski definition) is 3. The van der Waals surface area contributed by atoms with Crippen molar-refractivity contribution < 1.29 is 9.47 Å². The van der Waals surface area contributed by atoms with E-state index in [1.165, 1.54) is 5.56 Å². The normalized spacial score (nSPS) is 20.1. The largest absolute Gasteiger partial charge is 0.490 e. The number of benzene rings is 1. The van der Waals surface area contributed by atoms with E-state index in [1.54, 1.807) is 6.08 Å². The standard InChI is InChI=1S/C12H14O2S/c1-2-7-13-11-5-3-10(4-6-11)12-14-8-9-15-12/h2-6,12H,1,7-9H2. The number of hydrogen-bond donors (Lipinski definition) is 0. The molecular weight excluding hydrogens is 208 g/mol. The Labute approximate surface area is 94.3 Å². The van der Waals surface area contributed by atoms with Crippen molar-refractivity contribution in [3.63, 3.8) is 0 Å². The molecule has 1 aromatic rings. The smallest absolute Gasteiger partial charge is 0.128 e. The molecule has 80 valence electrons. The zero-order valence-electron chi connectivity index (χ0n) is 8.52. The Balaban J connectivity index is 1.99. The minimum atomic E-state index is 0.207. The summed E-state index contributed by atoms with van der Waals surface area (Å²) < 4.78 is 11.0. The van der Waals surface area contributed by atoms with Crippen LogP contribution in [0, 0.1) is 0 Å². The van der Waals surface area contributed by atoms with Gasteiger partial charge in [0.1, 0.15) is 17.8 Å². The highest BCUT2D eigenvalue weighted by Crippen LogP contribution is 2.35. The highest BCUT2D eigenvalue weighted by molar-refractivity contribution is 7.99. The van der Waals surface area contributed by atoms with Gasteiger partial charge in [0, 0.05) is 5.75 Å². The summed E-state index contributed by atoms with van der Waals surface area (Å²) in [6.07, 6.45) is 1.74. The first kappa shape index (κ1) is 10.6. The van der Waals surface area contributed by atoms with Crippen LogP contribution in [0.25, 0.3) is 0 Å². The third-order valence-electron chi connectivity index (χ3n) is 2.14. The Bertz CT molecular complexity index is 315. The Hall–Kier alpha value is -0.930. The predicted octanol–water partition coefficient (Wildman–Crippen LogP) is 3.01. The van der Waals surface area contributed by atoms with E-state index < -0.39 is 0 Å². The molecule has 1 heterocycles. The monoisotopic (exact) mass is 222 g/mol. The topological polar surface area (TPSA) is 18.5 Å². The van der Waals surface area contributed by atoms with Gasteiger partial charge in [0.25, 0.3) is 0 Å². The Morgan fingerprint density at radius 2 is 2.27 bits per heavy atom. The zero-order chi connectivity index (χ0) is 10.5. The van der Waals surface area contributed by atoms with Crippen molar-refractivity contribution in [3.8, 4) is 5.75 Å². The zero-order valence-corrected chi connectivity index (χ0v) is 9.33. The molecule has 1 aliphatic rings. The predicted molar refractivity (Wildman–Crippen MR) is 63.3 cm³/mol. The quantitative estimate of drug-likeness (QED) is 0.730. The molecule has 2 rings (SSSR count). The lowest BCUT2D eigenvalue weighted by molar-refractivity contribution is 0.145. The first-order valence-electron chi connectivity index (χ1n) is 4.97. The van der Waals surface area contributed by atoms with Crippen molar-refractivity contribution in [3.05, 3.63) is 42.5 Å². The first-order chi connectivity index (χ1) is 7.40. The van der Waals surface area contributed by atoms with Gasteiger partial charge < -0.3 is 9.47 Å². The molecule has 0 aromatic heterocycles. The summed E-state index contributed by atoms with van der Waals surface area (Å²) in [6, 6.07) is 8.06. The minimum absolute atomic E-state index is 0.207. The summed E-state index contributed by atoms with van der Waals surface area (Å²) in [5, 5.41) is 0. The Morgan fingerprint density at radius 1 is 1.47 bits per heavy atom. The van der Waals surface area contributed by atoms with E-state index in [0.717, 1.165) is 18.1 Å². The van der Waals surface area contributed by atoms with E-state index in [0.29, 0.717) is 6.61 Å². The van der Waals surface area contributed by atoms with Crippen molar-refractivity contribution >= 4 is 11.8 Å². The van der Waals surface area contributed by atoms with Crippen molar-refractivity contribution in [2.24, 2.45) is 0 Å². The molecule has 0 saturated carbocycles. The van der Waals surface area contributed by atoms with Crippen LogP contribution in [-0.2, 0) is 4.74 Å². The van der Waals surface area contributed by atoms with E-state index in [1.807, 2.05) is 23.9 Å². The number of thioether (sulfide) groups is 1. The summed E-state index contributed by atoms with van der Waals surface area (Å²) in [5.41, 5.74) is 1.42. The highest BCUT2D eigenvalue weighted by Gasteiger charge is 2.17. The molecule has 0 amide bonds. The van der Waals surface area contributed by atoms with Crippen LogP contribution in [0.15, 0.2) is 36.9 Å². The van der Waals surface area contributed by atoms with Gasteiger partial charge in [-0.05, 0) is 17.7 Å². The molecule has 1 atom stereocenters. The van der Waals surface area contributed by atoms with Crippen molar-refractivity contribution in [1.82, 2.24) is 0 Å². The second kappa shape index (κ2) is 5.24. The van der Waals surface area contributed by atoms with Gasteiger partial charge in [-0.25, -0.2) is 0 Å². The van der Waals surface area contributed by atoms with Crippen LogP contribution in [-0.4, -0.2) is 19.0 Å². The molecule has 1 aromatic carbocycles. The molecule has 0 aliphatic carbocycles. The maximum Gasteiger partial charge on any atom is 0.128 e. The number of rotatable bonds is 4. The van der Waals surface area contributed by atoms with Crippen LogP contribution in [0.1, 0.15) is 11.0 Å². The Kier molecular flexibility index (Phi) is 3.69. The van der Waals surface area contributed by atoms with Gasteiger partial charge >= 0.3 is 0 Å². The molecule has 3 heteroatoms. The highest BCUT2D eigenvalue weighted by atomic mass is 32.2. The average molecular weight is 222 g/mol. The van der Waals surface area contributed by atoms with Crippen LogP contribution in [0.3, 0.4) is 0 Å². The molecule has 0 N–H and O–H groups in total. The molecule has 0 spiro atoms. The van der Waals surface area contributed by atoms with Crippen molar-refractivity contribution in [2.75, 3.05) is 19.0 Å². The van der Waals surface area contributed by atoms with Crippen molar-refractivity contribution in [1.29, 1.82) is 0 Å². The first-order valence-corrected chi connectivity index (χ1v) is 6.02. The third-order valence-corrected chi connectivity index (χ3v) is 3.26. The van der Waals surface area contributed by atoms with Crippen LogP contribution in [0.2, 0.25) is 0 Å². The second-order valence-electron chi connectivity index (χ2n) is 3.24. The van der Waals surface area contributed by atoms with E-state index in [2.05, 4.69) is 18.7 Å². The van der Waals surface area contributed by atoms with Gasteiger partial charge in [0.15, 0.2) is 0 Å². The summed E-state index contributed by atoms with van der Waals surface area (Å²) in [7, 11) is 0. The molecule has 2 nitrogen and oxygen atoms in total. The number of ether oxygens (including phenoxy) is 2. The summed E-state index contributed by atoms with van der Waals surface area (Å²) in [4.78, 5) is 0. The van der Waals surface area contributed by atoms with Gasteiger partial charge in [0.05, 0.1) is 6.61 Å². The fourth-order valence-electron chi connectivity index (χ4n) is 1.43. The molecule has 15 heavy (non-hydrogen) atoms. The molecule has 0 radical (unpaired) electrons. The fourth-order valence-corrected chi connectivity index (χ4v) is 2.38. The summed E-state index contributed by atoms with van der Waals surface area (Å²) in [6.45, 7) is 5.01. The van der Waals surface area contributed by atoms with Gasteiger partial charge in [-0.1, -0.05) is 24.8 Å². The lowest BCUT2D eigenvalue weighted by Gasteiger charge is -2.09. The fraction of sp³-hybridized carbons (Fsp3) is 0.333. The van der Waals surface area contributed by atoms with E-state index >= 15 is 0 Å². The minimum Gasteiger partial charge on any atom is -0.490 e. The Morgan fingerprint density at radius 3 is 2.87 bits per heavy atom. The van der Waals surface area contributed by atoms with Crippen LogP contribution >= 0.6 is 11.8 Å². The van der Waals surface area contributed by atoms with E-state index in [-0.39, 0.29) is 5.44 Å². The maximum atomic E-state index is 5.57. The van der Waals surface area contributed by atoms with E-state index in [4.69, 9.17) is 9.47 Å². The van der Waals surface area contributed by atoms with E-state index in [9.17, 15) is 0 Å². The molecular formula is C12H14O2S. The average Bonchev–Trinajstić information content (AvgIpc) is 2.80. The molecule has 0 bridgehead atoms. The molecule has 1 saturated heterocycles.